The molecule has 2 amide bonds. The summed E-state index contributed by atoms with van der Waals surface area (Å²) in [6.45, 7) is 7.99. The van der Waals surface area contributed by atoms with Crippen LogP contribution in [0.25, 0.3) is 17.0 Å². The zero-order valence-corrected chi connectivity index (χ0v) is 20.7. The molecule has 1 aliphatic heterocycles. The molecule has 10 heteroatoms. The third-order valence-corrected chi connectivity index (χ3v) is 6.00. The van der Waals surface area contributed by atoms with Gasteiger partial charge >= 0.3 is 6.09 Å². The van der Waals surface area contributed by atoms with Gasteiger partial charge in [-0.25, -0.2) is 9.78 Å². The summed E-state index contributed by atoms with van der Waals surface area (Å²) in [4.78, 5) is 36.1. The van der Waals surface area contributed by atoms with Gasteiger partial charge in [-0.3, -0.25) is 14.1 Å². The average Bonchev–Trinajstić information content (AvgIpc) is 3.58. The number of aryl methyl sites for hydroxylation is 1. The molecule has 0 unspecified atom stereocenters. The maximum atomic E-state index is 13.0. The lowest BCUT2D eigenvalue weighted by atomic mass is 10.1. The largest absolute Gasteiger partial charge is 0.444 e. The van der Waals surface area contributed by atoms with E-state index in [0.29, 0.717) is 40.9 Å². The Morgan fingerprint density at radius 3 is 2.83 bits per heavy atom. The van der Waals surface area contributed by atoms with Crippen molar-refractivity contribution in [3.63, 3.8) is 0 Å². The molecule has 4 heterocycles. The van der Waals surface area contributed by atoms with Gasteiger partial charge in [-0.15, -0.1) is 0 Å². The van der Waals surface area contributed by atoms with Crippen molar-refractivity contribution in [2.45, 2.75) is 52.2 Å². The molecular weight excluding hydrogens is 460 g/mol. The molecule has 3 aromatic heterocycles. The molecule has 0 aliphatic carbocycles. The highest BCUT2D eigenvalue weighted by atomic mass is 16.6. The number of aromatic nitrogens is 4. The maximum Gasteiger partial charge on any atom is 0.410 e. The lowest BCUT2D eigenvalue weighted by Gasteiger charge is -2.26. The Balaban J connectivity index is 1.36. The van der Waals surface area contributed by atoms with Gasteiger partial charge in [-0.2, -0.15) is 4.98 Å². The molecule has 0 radical (unpaired) electrons. The van der Waals surface area contributed by atoms with E-state index in [4.69, 9.17) is 9.26 Å². The number of nitrogens with one attached hydrogen (secondary N) is 1. The van der Waals surface area contributed by atoms with Crippen LogP contribution >= 0.6 is 0 Å². The number of fused-ring (bicyclic) bond motifs is 1. The van der Waals surface area contributed by atoms with Gasteiger partial charge in [0, 0.05) is 24.0 Å². The average molecular weight is 489 g/mol. The summed E-state index contributed by atoms with van der Waals surface area (Å²) >= 11 is 0. The van der Waals surface area contributed by atoms with E-state index >= 15 is 0 Å². The second kappa shape index (κ2) is 9.10. The molecule has 0 spiro atoms. The van der Waals surface area contributed by atoms with Gasteiger partial charge in [0.1, 0.15) is 23.0 Å². The minimum atomic E-state index is -0.587. The number of nitrogens with zero attached hydrogens (tertiary/aromatic N) is 5. The van der Waals surface area contributed by atoms with E-state index in [9.17, 15) is 9.59 Å². The molecule has 1 aliphatic rings. The lowest BCUT2D eigenvalue weighted by molar-refractivity contribution is 0.0199. The van der Waals surface area contributed by atoms with Gasteiger partial charge in [-0.05, 0) is 64.3 Å². The summed E-state index contributed by atoms with van der Waals surface area (Å²) in [6, 6.07) is 10.8. The number of amides is 2. The van der Waals surface area contributed by atoms with E-state index in [1.54, 1.807) is 21.7 Å². The Hall–Kier alpha value is -4.21. The van der Waals surface area contributed by atoms with Crippen LogP contribution in [-0.4, -0.2) is 48.6 Å². The highest BCUT2D eigenvalue weighted by Gasteiger charge is 2.36. The SMILES string of the molecule is Cc1ccc(-c2noc([C@@H]3CCCN3C(=O)OC(C)(C)C)n2)cc1NC(=O)c1cnc2ccccn12. The Labute approximate surface area is 208 Å². The normalized spacial score (nSPS) is 15.9. The maximum absolute atomic E-state index is 13.0. The minimum Gasteiger partial charge on any atom is -0.444 e. The topological polar surface area (TPSA) is 115 Å². The zero-order valence-electron chi connectivity index (χ0n) is 20.7. The molecule has 1 atom stereocenters. The molecule has 10 nitrogen and oxygen atoms in total. The molecule has 5 rings (SSSR count). The van der Waals surface area contributed by atoms with Crippen molar-refractivity contribution in [2.24, 2.45) is 0 Å². The number of hydrogen-bond donors (Lipinski definition) is 1. The molecule has 1 fully saturated rings. The van der Waals surface area contributed by atoms with Crippen LogP contribution in [0.1, 0.15) is 61.6 Å². The van der Waals surface area contributed by atoms with Gasteiger partial charge in [0.05, 0.1) is 6.20 Å². The molecular formula is C26H28N6O4. The van der Waals surface area contributed by atoms with Gasteiger partial charge in [0.15, 0.2) is 0 Å². The van der Waals surface area contributed by atoms with Gasteiger partial charge in [0.2, 0.25) is 11.7 Å². The van der Waals surface area contributed by atoms with Gasteiger partial charge in [-0.1, -0.05) is 23.4 Å². The Morgan fingerprint density at radius 2 is 2.03 bits per heavy atom. The number of hydrogen-bond acceptors (Lipinski definition) is 7. The van der Waals surface area contributed by atoms with Crippen LogP contribution in [0.3, 0.4) is 0 Å². The predicted molar refractivity (Wildman–Crippen MR) is 133 cm³/mol. The van der Waals surface area contributed by atoms with Crippen molar-refractivity contribution in [3.8, 4) is 11.4 Å². The highest BCUT2D eigenvalue weighted by molar-refractivity contribution is 6.04. The number of rotatable bonds is 4. The Morgan fingerprint density at radius 1 is 1.19 bits per heavy atom. The van der Waals surface area contributed by atoms with Crippen LogP contribution in [-0.2, 0) is 4.74 Å². The van der Waals surface area contributed by atoms with Crippen molar-refractivity contribution >= 4 is 23.3 Å². The fraction of sp³-hybridized carbons (Fsp3) is 0.346. The van der Waals surface area contributed by atoms with Crippen molar-refractivity contribution < 1.29 is 18.8 Å². The van der Waals surface area contributed by atoms with E-state index in [-0.39, 0.29) is 11.9 Å². The van der Waals surface area contributed by atoms with Gasteiger partial charge < -0.3 is 14.6 Å². The number of ether oxygens (including phenoxy) is 1. The number of imidazole rings is 1. The molecule has 186 valence electrons. The first-order chi connectivity index (χ1) is 17.2. The highest BCUT2D eigenvalue weighted by Crippen LogP contribution is 2.34. The Bertz CT molecular complexity index is 1430. The fourth-order valence-electron chi connectivity index (χ4n) is 4.23. The van der Waals surface area contributed by atoms with Crippen molar-refractivity contribution in [1.29, 1.82) is 0 Å². The molecule has 36 heavy (non-hydrogen) atoms. The van der Waals surface area contributed by atoms with E-state index in [1.807, 2.05) is 64.1 Å². The summed E-state index contributed by atoms with van der Waals surface area (Å²) in [6.07, 6.45) is 4.50. The smallest absolute Gasteiger partial charge is 0.410 e. The van der Waals surface area contributed by atoms with Gasteiger partial charge in [0.25, 0.3) is 5.91 Å². The minimum absolute atomic E-state index is 0.276. The first-order valence-electron chi connectivity index (χ1n) is 11.9. The monoisotopic (exact) mass is 488 g/mol. The van der Waals surface area contributed by atoms with Crippen LogP contribution in [0, 0.1) is 6.92 Å². The van der Waals surface area contributed by atoms with Crippen LogP contribution in [0.2, 0.25) is 0 Å². The number of anilines is 1. The van der Waals surface area contributed by atoms with E-state index in [0.717, 1.165) is 18.4 Å². The lowest BCUT2D eigenvalue weighted by Crippen LogP contribution is -2.36. The third-order valence-electron chi connectivity index (χ3n) is 6.00. The molecule has 4 aromatic rings. The summed E-state index contributed by atoms with van der Waals surface area (Å²) in [5.41, 5.74) is 2.74. The van der Waals surface area contributed by atoms with E-state index in [2.05, 4.69) is 20.4 Å². The summed E-state index contributed by atoms with van der Waals surface area (Å²) in [5.74, 6) is 0.471. The molecule has 1 aromatic carbocycles. The predicted octanol–water partition coefficient (Wildman–Crippen LogP) is 5.02. The Kier molecular flexibility index (Phi) is 5.95. The van der Waals surface area contributed by atoms with Crippen molar-refractivity contribution in [2.75, 3.05) is 11.9 Å². The number of pyridine rings is 1. The summed E-state index contributed by atoms with van der Waals surface area (Å²) in [7, 11) is 0. The van der Waals surface area contributed by atoms with Crippen LogP contribution in [0.4, 0.5) is 10.5 Å². The number of likely N-dealkylation sites (tertiary alicyclic amines) is 1. The third kappa shape index (κ3) is 4.66. The van der Waals surface area contributed by atoms with Crippen molar-refractivity contribution in [1.82, 2.24) is 24.4 Å². The first kappa shape index (κ1) is 23.5. The molecule has 1 N–H and O–H groups in total. The number of benzene rings is 1. The van der Waals surface area contributed by atoms with Crippen molar-refractivity contribution in [3.05, 3.63) is 65.9 Å². The standard InChI is InChI=1S/C26H28N6O4/c1-16-10-11-17(14-18(16)28-23(33)20-15-27-21-9-5-6-12-31(20)21)22-29-24(36-30-22)19-8-7-13-32(19)25(34)35-26(2,3)4/h5-6,9-12,14-15,19H,7-8,13H2,1-4H3,(H,28,33)/t19-/m0/s1. The molecule has 0 saturated carbocycles. The summed E-state index contributed by atoms with van der Waals surface area (Å²) < 4.78 is 12.8. The van der Waals surface area contributed by atoms with Crippen LogP contribution < -0.4 is 5.32 Å². The van der Waals surface area contributed by atoms with Crippen LogP contribution in [0.5, 0.6) is 0 Å². The summed E-state index contributed by atoms with van der Waals surface area (Å²) in [5, 5.41) is 7.11. The first-order valence-corrected chi connectivity index (χ1v) is 11.9. The molecule has 1 saturated heterocycles. The molecule has 0 bridgehead atoms. The van der Waals surface area contributed by atoms with E-state index < -0.39 is 11.7 Å². The second-order valence-corrected chi connectivity index (χ2v) is 9.84. The number of carbonyl (C=O) groups is 2. The van der Waals surface area contributed by atoms with Crippen LogP contribution in [0.15, 0.2) is 53.3 Å². The second-order valence-electron chi connectivity index (χ2n) is 9.84. The number of carbonyl (C=O) groups excluding carboxylic acids is 2. The quantitative estimate of drug-likeness (QED) is 0.429. The fourth-order valence-corrected chi connectivity index (χ4v) is 4.23. The van der Waals surface area contributed by atoms with E-state index in [1.165, 1.54) is 0 Å². The zero-order chi connectivity index (χ0) is 25.4.